The smallest absolute Gasteiger partial charge is 0.105 e. The molecule has 17 heavy (non-hydrogen) atoms. The molecule has 0 atom stereocenters. The first-order chi connectivity index (χ1) is 8.16. The second kappa shape index (κ2) is 6.80. The molecule has 2 rings (SSSR count). The molecule has 0 radical (unpaired) electrons. The van der Waals surface area contributed by atoms with E-state index in [4.69, 9.17) is 0 Å². The van der Waals surface area contributed by atoms with E-state index in [2.05, 4.69) is 35.3 Å². The van der Waals surface area contributed by atoms with E-state index < -0.39 is 0 Å². The van der Waals surface area contributed by atoms with Crippen LogP contribution in [0.2, 0.25) is 0 Å². The number of nitrogens with zero attached hydrogens (tertiary/aromatic N) is 3. The summed E-state index contributed by atoms with van der Waals surface area (Å²) in [6, 6.07) is 0. The van der Waals surface area contributed by atoms with E-state index >= 15 is 0 Å². The molecule has 1 aliphatic rings. The summed E-state index contributed by atoms with van der Waals surface area (Å²) in [5.74, 6) is 2.02. The number of likely N-dealkylation sites (tertiary alicyclic amines) is 1. The van der Waals surface area contributed by atoms with Gasteiger partial charge in [0.2, 0.25) is 0 Å². The number of imidazole rings is 1. The van der Waals surface area contributed by atoms with Crippen molar-refractivity contribution in [3.63, 3.8) is 0 Å². The predicted molar refractivity (Wildman–Crippen MR) is 73.0 cm³/mol. The summed E-state index contributed by atoms with van der Waals surface area (Å²) in [6.07, 6.45) is 4.70. The van der Waals surface area contributed by atoms with E-state index in [1.165, 1.54) is 31.6 Å². The quantitative estimate of drug-likeness (QED) is 0.788. The van der Waals surface area contributed by atoms with Crippen LogP contribution in [0.4, 0.5) is 0 Å². The highest BCUT2D eigenvalue weighted by Gasteiger charge is 2.16. The summed E-state index contributed by atoms with van der Waals surface area (Å²) < 4.78 is 2.19. The molecular formula is C14H27N3. The highest BCUT2D eigenvalue weighted by molar-refractivity contribution is 5.03. The van der Waals surface area contributed by atoms with Crippen molar-refractivity contribution >= 4 is 0 Å². The van der Waals surface area contributed by atoms with E-state index in [1.54, 1.807) is 0 Å². The molecule has 1 aliphatic heterocycles. The van der Waals surface area contributed by atoms with Crippen LogP contribution in [0.5, 0.6) is 0 Å². The summed E-state index contributed by atoms with van der Waals surface area (Å²) in [5, 5.41) is 0. The predicted octanol–water partition coefficient (Wildman–Crippen LogP) is 2.99. The maximum atomic E-state index is 4.33. The zero-order chi connectivity index (χ0) is 12.8. The lowest BCUT2D eigenvalue weighted by atomic mass is 9.99. The number of aryl methyl sites for hydroxylation is 1. The lowest BCUT2D eigenvalue weighted by molar-refractivity contribution is 0.182. The van der Waals surface area contributed by atoms with Gasteiger partial charge in [0.25, 0.3) is 0 Å². The molecular weight excluding hydrogens is 210 g/mol. The fourth-order valence-corrected chi connectivity index (χ4v) is 2.15. The lowest BCUT2D eigenvalue weighted by Crippen LogP contribution is -2.32. The van der Waals surface area contributed by atoms with Crippen LogP contribution < -0.4 is 0 Å². The molecule has 0 saturated carbocycles. The van der Waals surface area contributed by atoms with Gasteiger partial charge in [-0.15, -0.1) is 0 Å². The van der Waals surface area contributed by atoms with Crippen LogP contribution >= 0.6 is 0 Å². The molecule has 0 unspecified atom stereocenters. The van der Waals surface area contributed by atoms with Crippen LogP contribution in [-0.2, 0) is 13.6 Å². The monoisotopic (exact) mass is 237 g/mol. The number of aromatic nitrogens is 2. The van der Waals surface area contributed by atoms with Gasteiger partial charge in [-0.3, -0.25) is 4.90 Å². The summed E-state index contributed by atoms with van der Waals surface area (Å²) >= 11 is 0. The van der Waals surface area contributed by atoms with Gasteiger partial charge in [0.05, 0.1) is 5.69 Å². The molecule has 0 aliphatic carbocycles. The zero-order valence-corrected chi connectivity index (χ0v) is 12.0. The van der Waals surface area contributed by atoms with Gasteiger partial charge in [-0.1, -0.05) is 20.8 Å². The molecule has 0 amide bonds. The first-order valence-corrected chi connectivity index (χ1v) is 6.86. The zero-order valence-electron chi connectivity index (χ0n) is 12.0. The van der Waals surface area contributed by atoms with Crippen molar-refractivity contribution in [2.75, 3.05) is 13.1 Å². The molecule has 3 heteroatoms. The minimum absolute atomic E-state index is 0.912. The van der Waals surface area contributed by atoms with E-state index in [1.807, 2.05) is 20.0 Å². The van der Waals surface area contributed by atoms with Crippen LogP contribution in [0.15, 0.2) is 6.20 Å². The topological polar surface area (TPSA) is 21.1 Å². The molecule has 1 aromatic rings. The van der Waals surface area contributed by atoms with Gasteiger partial charge in [0.1, 0.15) is 5.82 Å². The molecule has 0 aromatic carbocycles. The Morgan fingerprint density at radius 1 is 1.29 bits per heavy atom. The molecule has 0 bridgehead atoms. The highest BCUT2D eigenvalue weighted by Crippen LogP contribution is 2.18. The van der Waals surface area contributed by atoms with Gasteiger partial charge in [0.15, 0.2) is 0 Å². The van der Waals surface area contributed by atoms with Gasteiger partial charge >= 0.3 is 0 Å². The van der Waals surface area contributed by atoms with E-state index in [9.17, 15) is 0 Å². The van der Waals surface area contributed by atoms with Gasteiger partial charge in [0, 0.05) is 19.8 Å². The standard InChI is InChI=1S/C12H21N3.C2H6/c1-10-4-6-15(7-5-10)9-12-8-13-11(2)14(12)3;1-2/h8,10H,4-7,9H2,1-3H3;1-2H3. The second-order valence-corrected chi connectivity index (χ2v) is 4.81. The highest BCUT2D eigenvalue weighted by atomic mass is 15.2. The van der Waals surface area contributed by atoms with E-state index in [0.717, 1.165) is 18.3 Å². The number of piperidine rings is 1. The van der Waals surface area contributed by atoms with Crippen molar-refractivity contribution in [1.29, 1.82) is 0 Å². The molecule has 0 spiro atoms. The Balaban J connectivity index is 0.000000686. The van der Waals surface area contributed by atoms with Crippen molar-refractivity contribution in [3.8, 4) is 0 Å². The Bertz CT molecular complexity index is 322. The Hall–Kier alpha value is -0.830. The van der Waals surface area contributed by atoms with Crippen molar-refractivity contribution in [2.24, 2.45) is 13.0 Å². The van der Waals surface area contributed by atoms with Crippen LogP contribution in [0.25, 0.3) is 0 Å². The molecule has 1 aromatic heterocycles. The number of rotatable bonds is 2. The largest absolute Gasteiger partial charge is 0.334 e. The summed E-state index contributed by atoms with van der Waals surface area (Å²) in [6.45, 7) is 12.0. The SMILES string of the molecule is CC.Cc1ncc(CN2CCC(C)CC2)n1C. The van der Waals surface area contributed by atoms with Crippen LogP contribution in [0, 0.1) is 12.8 Å². The average molecular weight is 237 g/mol. The van der Waals surface area contributed by atoms with Gasteiger partial charge in [-0.2, -0.15) is 0 Å². The minimum atomic E-state index is 0.912. The van der Waals surface area contributed by atoms with Crippen molar-refractivity contribution in [1.82, 2.24) is 14.5 Å². The van der Waals surface area contributed by atoms with Crippen molar-refractivity contribution < 1.29 is 0 Å². The maximum absolute atomic E-state index is 4.33. The van der Waals surface area contributed by atoms with Crippen LogP contribution in [0.1, 0.15) is 45.1 Å². The third-order valence-corrected chi connectivity index (χ3v) is 3.58. The maximum Gasteiger partial charge on any atom is 0.105 e. The molecule has 98 valence electrons. The van der Waals surface area contributed by atoms with Crippen molar-refractivity contribution in [3.05, 3.63) is 17.7 Å². The number of hydrogen-bond donors (Lipinski definition) is 0. The van der Waals surface area contributed by atoms with E-state index in [0.29, 0.717) is 0 Å². The lowest BCUT2D eigenvalue weighted by Gasteiger charge is -2.30. The molecule has 1 saturated heterocycles. The summed E-state index contributed by atoms with van der Waals surface area (Å²) in [4.78, 5) is 6.87. The minimum Gasteiger partial charge on any atom is -0.334 e. The Morgan fingerprint density at radius 2 is 1.88 bits per heavy atom. The van der Waals surface area contributed by atoms with E-state index in [-0.39, 0.29) is 0 Å². The average Bonchev–Trinajstić information content (AvgIpc) is 2.67. The van der Waals surface area contributed by atoms with Crippen molar-refractivity contribution in [2.45, 2.75) is 47.1 Å². The first-order valence-electron chi connectivity index (χ1n) is 6.86. The van der Waals surface area contributed by atoms with Crippen LogP contribution in [0.3, 0.4) is 0 Å². The molecule has 3 nitrogen and oxygen atoms in total. The Morgan fingerprint density at radius 3 is 2.35 bits per heavy atom. The number of hydrogen-bond acceptors (Lipinski definition) is 2. The third-order valence-electron chi connectivity index (χ3n) is 3.58. The second-order valence-electron chi connectivity index (χ2n) is 4.81. The summed E-state index contributed by atoms with van der Waals surface area (Å²) in [5.41, 5.74) is 1.34. The first kappa shape index (κ1) is 14.2. The fraction of sp³-hybridized carbons (Fsp3) is 0.786. The normalized spacial score (nSPS) is 17.7. The third kappa shape index (κ3) is 3.84. The Labute approximate surface area is 106 Å². The van der Waals surface area contributed by atoms with Gasteiger partial charge < -0.3 is 4.57 Å². The fourth-order valence-electron chi connectivity index (χ4n) is 2.15. The summed E-state index contributed by atoms with van der Waals surface area (Å²) in [7, 11) is 2.10. The van der Waals surface area contributed by atoms with Gasteiger partial charge in [-0.05, 0) is 38.8 Å². The Kier molecular flexibility index (Phi) is 5.69. The van der Waals surface area contributed by atoms with Crippen LogP contribution in [-0.4, -0.2) is 27.5 Å². The molecule has 2 heterocycles. The molecule has 1 fully saturated rings. The molecule has 0 N–H and O–H groups in total. The van der Waals surface area contributed by atoms with Gasteiger partial charge in [-0.25, -0.2) is 4.98 Å².